The molecule has 1 fully saturated rings. The molecule has 0 atom stereocenters. The van der Waals surface area contributed by atoms with Crippen molar-refractivity contribution in [1.29, 1.82) is 0 Å². The third-order valence-corrected chi connectivity index (χ3v) is 5.22. The van der Waals surface area contributed by atoms with Crippen molar-refractivity contribution < 1.29 is 9.18 Å². The summed E-state index contributed by atoms with van der Waals surface area (Å²) in [4.78, 5) is 23.0. The highest BCUT2D eigenvalue weighted by atomic mass is 19.1. The van der Waals surface area contributed by atoms with Crippen LogP contribution in [0.25, 0.3) is 22.0 Å². The average Bonchev–Trinajstić information content (AvgIpc) is 2.96. The van der Waals surface area contributed by atoms with Crippen LogP contribution in [0.4, 0.5) is 10.2 Å². The average molecular weight is 367 g/mol. The van der Waals surface area contributed by atoms with Gasteiger partial charge in [0.1, 0.15) is 18.3 Å². The molecule has 1 saturated heterocycles. The van der Waals surface area contributed by atoms with E-state index in [-0.39, 0.29) is 18.5 Å². The molecule has 7 heteroatoms. The molecule has 1 amide bonds. The molecule has 3 aromatic rings. The number of rotatable bonds is 5. The SMILES string of the molecule is Cc1ncc(-c2ccc3cnc(NC(=O)C4CN(CCF)C4)cc3c2)n1C. The summed E-state index contributed by atoms with van der Waals surface area (Å²) in [5, 5.41) is 4.90. The highest BCUT2D eigenvalue weighted by Gasteiger charge is 2.32. The summed E-state index contributed by atoms with van der Waals surface area (Å²) in [5.41, 5.74) is 2.11. The molecule has 1 aliphatic rings. The number of anilines is 1. The van der Waals surface area contributed by atoms with E-state index in [1.165, 1.54) is 0 Å². The van der Waals surface area contributed by atoms with Crippen molar-refractivity contribution >= 4 is 22.5 Å². The zero-order chi connectivity index (χ0) is 19.0. The van der Waals surface area contributed by atoms with Gasteiger partial charge in [-0.1, -0.05) is 12.1 Å². The summed E-state index contributed by atoms with van der Waals surface area (Å²) < 4.78 is 14.4. The molecule has 0 radical (unpaired) electrons. The minimum Gasteiger partial charge on any atom is -0.331 e. The van der Waals surface area contributed by atoms with Gasteiger partial charge in [-0.05, 0) is 24.4 Å². The zero-order valence-corrected chi connectivity index (χ0v) is 15.4. The van der Waals surface area contributed by atoms with Crippen molar-refractivity contribution in [1.82, 2.24) is 19.4 Å². The second-order valence-electron chi connectivity index (χ2n) is 7.02. The van der Waals surface area contributed by atoms with Crippen molar-refractivity contribution in [2.75, 3.05) is 31.6 Å². The molecule has 0 saturated carbocycles. The lowest BCUT2D eigenvalue weighted by Crippen LogP contribution is -2.52. The van der Waals surface area contributed by atoms with Crippen LogP contribution in [-0.2, 0) is 11.8 Å². The Morgan fingerprint density at radius 2 is 2.04 bits per heavy atom. The van der Waals surface area contributed by atoms with Crippen LogP contribution in [0, 0.1) is 12.8 Å². The number of pyridine rings is 1. The second-order valence-corrected chi connectivity index (χ2v) is 7.02. The molecular weight excluding hydrogens is 345 g/mol. The number of nitrogens with zero attached hydrogens (tertiary/aromatic N) is 4. The number of amides is 1. The molecule has 1 N–H and O–H groups in total. The Kier molecular flexibility index (Phi) is 4.61. The summed E-state index contributed by atoms with van der Waals surface area (Å²) in [7, 11) is 1.99. The van der Waals surface area contributed by atoms with Crippen molar-refractivity contribution in [2.45, 2.75) is 6.92 Å². The van der Waals surface area contributed by atoms with E-state index in [2.05, 4.69) is 21.4 Å². The van der Waals surface area contributed by atoms with E-state index in [0.29, 0.717) is 25.5 Å². The van der Waals surface area contributed by atoms with Crippen LogP contribution >= 0.6 is 0 Å². The maximum absolute atomic E-state index is 12.3. The van der Waals surface area contributed by atoms with Gasteiger partial charge in [-0.25, -0.2) is 14.4 Å². The predicted molar refractivity (Wildman–Crippen MR) is 103 cm³/mol. The number of carbonyl (C=O) groups is 1. The summed E-state index contributed by atoms with van der Waals surface area (Å²) >= 11 is 0. The number of alkyl halides is 1. The van der Waals surface area contributed by atoms with E-state index < -0.39 is 0 Å². The molecule has 140 valence electrons. The van der Waals surface area contributed by atoms with E-state index in [4.69, 9.17) is 0 Å². The van der Waals surface area contributed by atoms with Gasteiger partial charge in [0.15, 0.2) is 0 Å². The fourth-order valence-corrected chi connectivity index (χ4v) is 3.41. The number of nitrogens with one attached hydrogen (secondary N) is 1. The lowest BCUT2D eigenvalue weighted by atomic mass is 9.99. The molecule has 27 heavy (non-hydrogen) atoms. The van der Waals surface area contributed by atoms with E-state index in [1.54, 1.807) is 6.20 Å². The number of hydrogen-bond donors (Lipinski definition) is 1. The molecule has 3 heterocycles. The smallest absolute Gasteiger partial charge is 0.231 e. The van der Waals surface area contributed by atoms with Crippen LogP contribution in [0.2, 0.25) is 0 Å². The number of benzene rings is 1. The Labute approximate surface area is 157 Å². The maximum Gasteiger partial charge on any atom is 0.231 e. The minimum absolute atomic E-state index is 0.0598. The number of halogens is 1. The third-order valence-electron chi connectivity index (χ3n) is 5.22. The molecule has 0 aliphatic carbocycles. The highest BCUT2D eigenvalue weighted by molar-refractivity contribution is 5.95. The number of fused-ring (bicyclic) bond motifs is 1. The molecule has 1 aliphatic heterocycles. The van der Waals surface area contributed by atoms with Crippen molar-refractivity contribution in [3.8, 4) is 11.3 Å². The Bertz CT molecular complexity index is 993. The Morgan fingerprint density at radius 3 is 2.74 bits per heavy atom. The van der Waals surface area contributed by atoms with Gasteiger partial charge >= 0.3 is 0 Å². The minimum atomic E-state index is -0.376. The van der Waals surface area contributed by atoms with Crippen LogP contribution < -0.4 is 5.32 Å². The van der Waals surface area contributed by atoms with E-state index in [9.17, 15) is 9.18 Å². The summed E-state index contributed by atoms with van der Waals surface area (Å²) in [6.45, 7) is 3.20. The third kappa shape index (κ3) is 3.42. The van der Waals surface area contributed by atoms with Crippen molar-refractivity contribution in [3.63, 3.8) is 0 Å². The number of carbonyl (C=O) groups excluding carboxylic acids is 1. The van der Waals surface area contributed by atoms with Crippen LogP contribution in [0.1, 0.15) is 5.82 Å². The zero-order valence-electron chi connectivity index (χ0n) is 15.4. The lowest BCUT2D eigenvalue weighted by molar-refractivity contribution is -0.124. The first-order chi connectivity index (χ1) is 13.0. The number of hydrogen-bond acceptors (Lipinski definition) is 4. The van der Waals surface area contributed by atoms with Gasteiger partial charge in [0.05, 0.1) is 17.8 Å². The quantitative estimate of drug-likeness (QED) is 0.753. The normalized spacial score (nSPS) is 15.1. The van der Waals surface area contributed by atoms with E-state index in [0.717, 1.165) is 27.9 Å². The molecule has 6 nitrogen and oxygen atoms in total. The van der Waals surface area contributed by atoms with Crippen LogP contribution in [0.5, 0.6) is 0 Å². The number of aryl methyl sites for hydroxylation is 1. The first-order valence-corrected chi connectivity index (χ1v) is 9.03. The molecule has 2 aromatic heterocycles. The van der Waals surface area contributed by atoms with Gasteiger partial charge in [0.25, 0.3) is 0 Å². The van der Waals surface area contributed by atoms with E-state index >= 15 is 0 Å². The van der Waals surface area contributed by atoms with Gasteiger partial charge < -0.3 is 9.88 Å². The fraction of sp³-hybridized carbons (Fsp3) is 0.350. The monoisotopic (exact) mass is 367 g/mol. The molecule has 0 spiro atoms. The largest absolute Gasteiger partial charge is 0.331 e. The number of imidazole rings is 1. The van der Waals surface area contributed by atoms with Gasteiger partial charge in [-0.15, -0.1) is 0 Å². The highest BCUT2D eigenvalue weighted by Crippen LogP contribution is 2.26. The summed E-state index contributed by atoms with van der Waals surface area (Å²) in [6.07, 6.45) is 3.62. The van der Waals surface area contributed by atoms with Crippen molar-refractivity contribution in [2.24, 2.45) is 13.0 Å². The molecule has 1 aromatic carbocycles. The second kappa shape index (κ2) is 7.08. The first-order valence-electron chi connectivity index (χ1n) is 9.03. The predicted octanol–water partition coefficient (Wildman–Crippen LogP) is 2.78. The Hall–Kier alpha value is -2.80. The Morgan fingerprint density at radius 1 is 1.22 bits per heavy atom. The Balaban J connectivity index is 1.53. The molecule has 0 bridgehead atoms. The number of likely N-dealkylation sites (tertiary alicyclic amines) is 1. The van der Waals surface area contributed by atoms with Gasteiger partial charge in [-0.2, -0.15) is 0 Å². The lowest BCUT2D eigenvalue weighted by Gasteiger charge is -2.37. The maximum atomic E-state index is 12.3. The first kappa shape index (κ1) is 17.6. The number of aromatic nitrogens is 3. The fourth-order valence-electron chi connectivity index (χ4n) is 3.41. The standard InChI is InChI=1S/C20H22FN5O/c1-13-22-10-18(25(13)2)14-3-4-15-9-23-19(8-16(15)7-14)24-20(27)17-11-26(12-17)6-5-21/h3-4,7-10,17H,5-6,11-12H2,1-2H3,(H,23,24,27). The van der Waals surface area contributed by atoms with Crippen LogP contribution in [-0.4, -0.2) is 51.7 Å². The topological polar surface area (TPSA) is 63.1 Å². The van der Waals surface area contributed by atoms with Crippen LogP contribution in [0.15, 0.2) is 36.7 Å². The molecule has 0 unspecified atom stereocenters. The van der Waals surface area contributed by atoms with Gasteiger partial charge in [0.2, 0.25) is 5.91 Å². The van der Waals surface area contributed by atoms with Crippen molar-refractivity contribution in [3.05, 3.63) is 42.5 Å². The van der Waals surface area contributed by atoms with E-state index in [1.807, 2.05) is 47.8 Å². The van der Waals surface area contributed by atoms with Crippen LogP contribution in [0.3, 0.4) is 0 Å². The molecule has 4 rings (SSSR count). The molecular formula is C20H22FN5O. The summed E-state index contributed by atoms with van der Waals surface area (Å²) in [6, 6.07) is 8.03. The summed E-state index contributed by atoms with van der Waals surface area (Å²) in [5.74, 6) is 1.33. The van der Waals surface area contributed by atoms with Gasteiger partial charge in [-0.3, -0.25) is 9.69 Å². The van der Waals surface area contributed by atoms with Gasteiger partial charge in [0, 0.05) is 43.8 Å².